The summed E-state index contributed by atoms with van der Waals surface area (Å²) in [6.07, 6.45) is 0. The minimum atomic E-state index is 0.912. The van der Waals surface area contributed by atoms with Crippen LogP contribution in [0.15, 0.2) is 140 Å². The predicted molar refractivity (Wildman–Crippen MR) is 167 cm³/mol. The van der Waals surface area contributed by atoms with Gasteiger partial charge >= 0.3 is 0 Å². The first kappa shape index (κ1) is 21.6. The van der Waals surface area contributed by atoms with Crippen molar-refractivity contribution in [3.8, 4) is 39.4 Å². The Kier molecular flexibility index (Phi) is 4.36. The first-order valence-electron chi connectivity index (χ1n) is 13.7. The normalized spacial score (nSPS) is 12.2. The van der Waals surface area contributed by atoms with Gasteiger partial charge in [0.1, 0.15) is 11.5 Å². The van der Waals surface area contributed by atoms with Crippen LogP contribution in [-0.2, 0) is 0 Å². The maximum atomic E-state index is 6.41. The molecule has 0 fully saturated rings. The van der Waals surface area contributed by atoms with Crippen molar-refractivity contribution in [1.82, 2.24) is 4.57 Å². The first-order valence-corrected chi connectivity index (χ1v) is 13.7. The number of nitrogens with zero attached hydrogens (tertiary/aromatic N) is 1. The molecule has 2 heterocycles. The highest BCUT2D eigenvalue weighted by Gasteiger charge is 2.23. The van der Waals surface area contributed by atoms with Crippen molar-refractivity contribution in [2.45, 2.75) is 0 Å². The Labute approximate surface area is 231 Å². The van der Waals surface area contributed by atoms with Crippen molar-refractivity contribution in [1.29, 1.82) is 0 Å². The Morgan fingerprint density at radius 3 is 2.00 bits per heavy atom. The number of fused-ring (bicyclic) bond motifs is 7. The van der Waals surface area contributed by atoms with Gasteiger partial charge in [-0.05, 0) is 69.2 Å². The lowest BCUT2D eigenvalue weighted by atomic mass is 9.89. The molecular formula is C38H23NO. The number of aromatic nitrogens is 1. The molecule has 1 aliphatic heterocycles. The number of para-hydroxylation sites is 2. The number of hydrogen-bond donors (Lipinski definition) is 0. The Hall–Kier alpha value is -5.34. The molecule has 0 amide bonds. The second-order valence-electron chi connectivity index (χ2n) is 10.5. The molecule has 8 aromatic rings. The van der Waals surface area contributed by atoms with Gasteiger partial charge in [0.15, 0.2) is 0 Å². The van der Waals surface area contributed by atoms with Gasteiger partial charge in [0, 0.05) is 27.4 Å². The lowest BCUT2D eigenvalue weighted by Gasteiger charge is -2.22. The number of hydrogen-bond acceptors (Lipinski definition) is 1. The predicted octanol–water partition coefficient (Wildman–Crippen LogP) is 10.5. The summed E-state index contributed by atoms with van der Waals surface area (Å²) < 4.78 is 8.82. The third kappa shape index (κ3) is 2.88. The van der Waals surface area contributed by atoms with Crippen molar-refractivity contribution in [3.63, 3.8) is 0 Å². The van der Waals surface area contributed by atoms with Crippen LogP contribution >= 0.6 is 0 Å². The fourth-order valence-corrected chi connectivity index (χ4v) is 6.72. The largest absolute Gasteiger partial charge is 0.456 e. The maximum Gasteiger partial charge on any atom is 0.135 e. The lowest BCUT2D eigenvalue weighted by molar-refractivity contribution is 0.487. The second-order valence-corrected chi connectivity index (χ2v) is 10.5. The molecule has 186 valence electrons. The van der Waals surface area contributed by atoms with E-state index in [2.05, 4.69) is 138 Å². The van der Waals surface area contributed by atoms with Gasteiger partial charge in [-0.3, -0.25) is 0 Å². The van der Waals surface area contributed by atoms with E-state index in [1.54, 1.807) is 0 Å². The van der Waals surface area contributed by atoms with Gasteiger partial charge in [-0.2, -0.15) is 0 Å². The molecule has 2 heteroatoms. The van der Waals surface area contributed by atoms with Crippen LogP contribution in [0.4, 0.5) is 0 Å². The summed E-state index contributed by atoms with van der Waals surface area (Å²) in [5.41, 5.74) is 8.40. The highest BCUT2D eigenvalue weighted by Crippen LogP contribution is 2.50. The zero-order chi connectivity index (χ0) is 26.2. The molecule has 40 heavy (non-hydrogen) atoms. The number of rotatable bonds is 2. The van der Waals surface area contributed by atoms with Crippen LogP contribution in [0.2, 0.25) is 0 Å². The van der Waals surface area contributed by atoms with Crippen molar-refractivity contribution in [2.24, 2.45) is 0 Å². The summed E-state index contributed by atoms with van der Waals surface area (Å²) in [6.45, 7) is 0. The molecule has 0 unspecified atom stereocenters. The van der Waals surface area contributed by atoms with E-state index in [1.807, 2.05) is 6.07 Å². The fraction of sp³-hybridized carbons (Fsp3) is 0. The molecule has 0 saturated carbocycles. The maximum absolute atomic E-state index is 6.41. The van der Waals surface area contributed by atoms with E-state index < -0.39 is 0 Å². The number of ether oxygens (including phenoxy) is 1. The van der Waals surface area contributed by atoms with Crippen molar-refractivity contribution in [2.75, 3.05) is 0 Å². The Morgan fingerprint density at radius 2 is 1.07 bits per heavy atom. The minimum Gasteiger partial charge on any atom is -0.456 e. The minimum absolute atomic E-state index is 0.912. The monoisotopic (exact) mass is 509 g/mol. The summed E-state index contributed by atoms with van der Waals surface area (Å²) in [6, 6.07) is 50.0. The fourth-order valence-electron chi connectivity index (χ4n) is 6.72. The van der Waals surface area contributed by atoms with Crippen molar-refractivity contribution < 1.29 is 4.74 Å². The molecule has 7 aromatic carbocycles. The molecule has 1 aromatic heterocycles. The Morgan fingerprint density at radius 1 is 0.375 bits per heavy atom. The van der Waals surface area contributed by atoms with Gasteiger partial charge in [-0.25, -0.2) is 0 Å². The van der Waals surface area contributed by atoms with E-state index in [9.17, 15) is 0 Å². The lowest BCUT2D eigenvalue weighted by Crippen LogP contribution is -1.97. The molecule has 0 radical (unpaired) electrons. The summed E-state index contributed by atoms with van der Waals surface area (Å²) in [5.74, 6) is 1.83. The average Bonchev–Trinajstić information content (AvgIpc) is 3.37. The summed E-state index contributed by atoms with van der Waals surface area (Å²) in [7, 11) is 0. The number of benzene rings is 7. The van der Waals surface area contributed by atoms with E-state index in [4.69, 9.17) is 4.74 Å². The van der Waals surface area contributed by atoms with Crippen LogP contribution in [-0.4, -0.2) is 4.57 Å². The van der Waals surface area contributed by atoms with E-state index >= 15 is 0 Å². The highest BCUT2D eigenvalue weighted by atomic mass is 16.5. The summed E-state index contributed by atoms with van der Waals surface area (Å²) in [4.78, 5) is 0. The second kappa shape index (κ2) is 8.08. The SMILES string of the molecule is c1ccc(-n2c3cccc(-c4ccc5c6c(cccc46)-c4ccccc4O5)c3c3c4ccccc4ccc32)cc1. The van der Waals surface area contributed by atoms with E-state index in [-0.39, 0.29) is 0 Å². The van der Waals surface area contributed by atoms with Crippen LogP contribution in [0, 0.1) is 0 Å². The topological polar surface area (TPSA) is 14.2 Å². The van der Waals surface area contributed by atoms with Gasteiger partial charge in [-0.1, -0.05) is 103 Å². The highest BCUT2D eigenvalue weighted by molar-refractivity contribution is 6.26. The molecule has 0 atom stereocenters. The molecule has 0 aliphatic carbocycles. The van der Waals surface area contributed by atoms with Crippen LogP contribution in [0.3, 0.4) is 0 Å². The van der Waals surface area contributed by atoms with Gasteiger partial charge in [0.25, 0.3) is 0 Å². The van der Waals surface area contributed by atoms with Gasteiger partial charge in [0.2, 0.25) is 0 Å². The van der Waals surface area contributed by atoms with Gasteiger partial charge < -0.3 is 9.30 Å². The quantitative estimate of drug-likeness (QED) is 0.226. The van der Waals surface area contributed by atoms with E-state index in [0.717, 1.165) is 22.7 Å². The standard InChI is InChI=1S/C38H23NO/c1-2-11-25(12-3-1)39-32-18-9-17-30(38(32)37-26-13-5-4-10-24(26)20-22-33(37)39)27-21-23-35-36-29(27)15-8-16-31(36)28-14-6-7-19-34(28)40-35/h1-23H. The van der Waals surface area contributed by atoms with Crippen LogP contribution in [0.25, 0.3) is 71.3 Å². The van der Waals surface area contributed by atoms with Crippen LogP contribution in [0.5, 0.6) is 11.5 Å². The van der Waals surface area contributed by atoms with Crippen molar-refractivity contribution >= 4 is 43.4 Å². The molecule has 0 bridgehead atoms. The van der Waals surface area contributed by atoms with Gasteiger partial charge in [-0.15, -0.1) is 0 Å². The molecule has 0 N–H and O–H groups in total. The Balaban J connectivity index is 1.44. The van der Waals surface area contributed by atoms with Crippen molar-refractivity contribution in [3.05, 3.63) is 140 Å². The molecule has 0 spiro atoms. The summed E-state index contributed by atoms with van der Waals surface area (Å²) >= 11 is 0. The third-order valence-corrected chi connectivity index (χ3v) is 8.39. The zero-order valence-electron chi connectivity index (χ0n) is 21.6. The third-order valence-electron chi connectivity index (χ3n) is 8.39. The molecular weight excluding hydrogens is 486 g/mol. The Bertz CT molecular complexity index is 2290. The average molecular weight is 510 g/mol. The van der Waals surface area contributed by atoms with E-state index in [0.29, 0.717) is 0 Å². The zero-order valence-corrected chi connectivity index (χ0v) is 21.6. The summed E-state index contributed by atoms with van der Waals surface area (Å²) in [5, 5.41) is 7.46. The molecule has 0 saturated heterocycles. The van der Waals surface area contributed by atoms with E-state index in [1.165, 1.54) is 60.0 Å². The molecule has 9 rings (SSSR count). The molecule has 1 aliphatic rings. The first-order chi connectivity index (χ1) is 19.9. The van der Waals surface area contributed by atoms with Crippen LogP contribution < -0.4 is 4.74 Å². The van der Waals surface area contributed by atoms with Gasteiger partial charge in [0.05, 0.1) is 11.0 Å². The smallest absolute Gasteiger partial charge is 0.135 e. The molecule has 2 nitrogen and oxygen atoms in total. The van der Waals surface area contributed by atoms with Crippen LogP contribution in [0.1, 0.15) is 0 Å².